The molecule has 0 bridgehead atoms. The second-order valence-electron chi connectivity index (χ2n) is 34.5. The highest BCUT2D eigenvalue weighted by atomic mass is 16.6. The Morgan fingerprint density at radius 2 is 0.493 bits per heavy atom. The second kappa shape index (κ2) is 90.5. The number of unbranched alkanes of at least 4 members (excludes halogenated alkanes) is 2. The molecule has 0 heterocycles. The van der Waals surface area contributed by atoms with Crippen LogP contribution in [0.3, 0.4) is 0 Å². The molecular formula is C98H164N14O38. The minimum absolute atomic E-state index is 0.0353. The van der Waals surface area contributed by atoms with Gasteiger partial charge >= 0.3 is 24.1 Å². The first-order chi connectivity index (χ1) is 72.4. The lowest BCUT2D eigenvalue weighted by Crippen LogP contribution is -2.63. The van der Waals surface area contributed by atoms with Gasteiger partial charge in [0.2, 0.25) is 70.9 Å². The number of hydrogen-bond donors (Lipinski definition) is 14. The topological polar surface area (TPSA) is 645 Å². The molecule has 854 valence electrons. The fraction of sp³-hybridized carbons (Fsp3) is 0.714. The molecule has 150 heavy (non-hydrogen) atoms. The molecule has 0 radical (unpaired) electrons. The van der Waals surface area contributed by atoms with Crippen LogP contribution in [0.2, 0.25) is 0 Å². The zero-order valence-electron chi connectivity index (χ0n) is 88.2. The van der Waals surface area contributed by atoms with Crippen molar-refractivity contribution in [3.8, 4) is 0 Å². The normalized spacial score (nSPS) is 12.0. The number of esters is 2. The number of carbonyl (C=O) groups excluding carboxylic acids is 16. The van der Waals surface area contributed by atoms with Crippen LogP contribution < -0.4 is 74.4 Å². The van der Waals surface area contributed by atoms with E-state index in [1.54, 1.807) is 116 Å². The van der Waals surface area contributed by atoms with Gasteiger partial charge in [-0.15, -0.1) is 0 Å². The highest BCUT2D eigenvalue weighted by Gasteiger charge is 2.38. The van der Waals surface area contributed by atoms with Crippen LogP contribution in [0, 0.1) is 0 Å². The number of alkyl carbamates (subject to hydrolysis) is 2. The first-order valence-corrected chi connectivity index (χ1v) is 50.3. The first-order valence-electron chi connectivity index (χ1n) is 50.3. The summed E-state index contributed by atoms with van der Waals surface area (Å²) in [7, 11) is 3.22. The number of nitrogens with one attached hydrogen (secondary N) is 14. The van der Waals surface area contributed by atoms with Crippen LogP contribution in [0.4, 0.5) is 9.59 Å². The van der Waals surface area contributed by atoms with Crippen LogP contribution in [0.15, 0.2) is 60.7 Å². The largest absolute Gasteiger partial charge is 0.459 e. The monoisotopic (exact) mass is 2150 g/mol. The van der Waals surface area contributed by atoms with Crippen molar-refractivity contribution in [2.45, 2.75) is 154 Å². The minimum atomic E-state index is -2.03. The van der Waals surface area contributed by atoms with Crippen LogP contribution in [0.5, 0.6) is 0 Å². The number of ether oxygens (including phenoxy) is 22. The molecule has 14 amide bonds. The fourth-order valence-corrected chi connectivity index (χ4v) is 12.1. The zero-order chi connectivity index (χ0) is 110. The number of hydrogen-bond acceptors (Lipinski definition) is 38. The summed E-state index contributed by atoms with van der Waals surface area (Å²) in [5.74, 6) is -10.8. The number of rotatable bonds is 95. The van der Waals surface area contributed by atoms with E-state index in [-0.39, 0.29) is 144 Å². The van der Waals surface area contributed by atoms with Gasteiger partial charge in [-0.3, -0.25) is 67.1 Å². The fourth-order valence-electron chi connectivity index (χ4n) is 12.1. The average molecular weight is 2150 g/mol. The molecule has 52 nitrogen and oxygen atoms in total. The van der Waals surface area contributed by atoms with E-state index in [1.165, 1.54) is 0 Å². The molecule has 2 aromatic rings. The molecule has 0 aliphatic rings. The standard InChI is InChI=1S/C98H164N14O38/c1-97(2,3)149-87(121)69-105-81(115)65-103-83(117)67-107-91(123)77(25-15-17-29-99-85(119)73-145-63-61-143-59-57-141-55-53-139-51-49-137-47-45-135-43-41-133-39-37-131-35-33-129-7)109-79(113)27-19-31-101-93(125)89(111-95(127)147-71-75-21-11-9-12-22-75)90(112-96(128)148-72-76-23-13-10-14-24-76)94(126)102-32-20-28-80(114)110-78(92(124)108-68-84(118)104-66-82(116)106-70-88(122)150-98(4,5)6)26-16-18-30-100-86(120)74-146-64-62-144-60-58-142-56-54-140-52-50-138-48-46-136-44-42-134-40-38-132-36-34-130-8/h9-14,21-24,77-78,89-90H,15-20,25-74H2,1-8H3,(H,99,119)(H,100,120)(H,101,125)(H,102,126)(H,103,117)(H,104,118)(H,105,115)(H,106,116)(H,107,123)(H,108,124)(H,109,113)(H,110,114)(H,111,127)(H,112,128). The third-order valence-electron chi connectivity index (χ3n) is 19.4. The lowest BCUT2D eigenvalue weighted by atomic mass is 10.1. The van der Waals surface area contributed by atoms with Gasteiger partial charge in [-0.2, -0.15) is 0 Å². The third kappa shape index (κ3) is 82.6. The van der Waals surface area contributed by atoms with E-state index in [2.05, 4.69) is 74.4 Å². The summed E-state index contributed by atoms with van der Waals surface area (Å²) in [6.07, 6.45) is -2.62. The van der Waals surface area contributed by atoms with Crippen molar-refractivity contribution in [2.24, 2.45) is 0 Å². The summed E-state index contributed by atoms with van der Waals surface area (Å²) in [5.41, 5.74) is -0.612. The van der Waals surface area contributed by atoms with Gasteiger partial charge in [0.05, 0.1) is 238 Å². The van der Waals surface area contributed by atoms with Crippen LogP contribution >= 0.6 is 0 Å². The van der Waals surface area contributed by atoms with Gasteiger partial charge in [0.1, 0.15) is 74.9 Å². The summed E-state index contributed by atoms with van der Waals surface area (Å²) in [6.45, 7) is 16.8. The van der Waals surface area contributed by atoms with E-state index in [1.807, 2.05) is 0 Å². The van der Waals surface area contributed by atoms with E-state index in [0.29, 0.717) is 196 Å². The molecule has 0 aliphatic heterocycles. The molecule has 0 saturated heterocycles. The second-order valence-corrected chi connectivity index (χ2v) is 34.5. The summed E-state index contributed by atoms with van der Waals surface area (Å²) in [4.78, 5) is 213. The summed E-state index contributed by atoms with van der Waals surface area (Å²) in [6, 6.07) is 10.0. The number of methoxy groups -OCH3 is 2. The van der Waals surface area contributed by atoms with Crippen molar-refractivity contribution in [1.82, 2.24) is 74.4 Å². The molecule has 14 N–H and O–H groups in total. The molecule has 2 rings (SSSR count). The molecule has 0 saturated carbocycles. The van der Waals surface area contributed by atoms with Crippen molar-refractivity contribution in [1.29, 1.82) is 0 Å². The van der Waals surface area contributed by atoms with E-state index in [9.17, 15) is 76.7 Å². The van der Waals surface area contributed by atoms with Gasteiger partial charge in [-0.05, 0) is 104 Å². The predicted octanol–water partition coefficient (Wildman–Crippen LogP) is -2.15. The first kappa shape index (κ1) is 135. The van der Waals surface area contributed by atoms with E-state index >= 15 is 0 Å². The summed E-state index contributed by atoms with van der Waals surface area (Å²) < 4.78 is 119. The minimum Gasteiger partial charge on any atom is -0.459 e. The maximum atomic E-state index is 14.6. The van der Waals surface area contributed by atoms with Gasteiger partial charge < -0.3 is 179 Å². The Morgan fingerprint density at radius 3 is 0.760 bits per heavy atom. The van der Waals surface area contributed by atoms with Gasteiger partial charge in [-0.1, -0.05) is 60.7 Å². The molecule has 0 fully saturated rings. The van der Waals surface area contributed by atoms with Gasteiger partial charge in [0.25, 0.3) is 0 Å². The highest BCUT2D eigenvalue weighted by Crippen LogP contribution is 2.12. The molecule has 4 atom stereocenters. The Morgan fingerprint density at radius 1 is 0.247 bits per heavy atom. The van der Waals surface area contributed by atoms with Crippen molar-refractivity contribution in [2.75, 3.05) is 304 Å². The molecule has 0 spiro atoms. The Labute approximate surface area is 877 Å². The Kier molecular flexibility index (Phi) is 81.4. The maximum absolute atomic E-state index is 14.6. The Balaban J connectivity index is 2.14. The van der Waals surface area contributed by atoms with Crippen LogP contribution in [0.25, 0.3) is 0 Å². The molecule has 0 aromatic heterocycles. The Bertz CT molecular complexity index is 3770. The SMILES string of the molecule is COCCOCCOCCOCCOCCOCCOCCOCCOCC(=O)NCCCCC(NC(=O)CCCNC(=O)C(NC(=O)OCc1ccccc1)C(NC(=O)OCc1ccccc1)C(=O)NCCCC(=O)NC(CCCCNC(=O)COCCOCCOCCOCCOCCOCCOCCOCCOC)C(=O)NCC(=O)NCC(=O)NCC(=O)OC(C)(C)C)C(=O)NCC(=O)NCC(=O)NCC(=O)OC(C)(C)C. The van der Waals surface area contributed by atoms with E-state index in [4.69, 9.17) is 104 Å². The van der Waals surface area contributed by atoms with Crippen LogP contribution in [-0.4, -0.2) is 435 Å². The van der Waals surface area contributed by atoms with Gasteiger partial charge in [0.15, 0.2) is 0 Å². The highest BCUT2D eigenvalue weighted by molar-refractivity contribution is 5.97. The number of amides is 14. The lowest BCUT2D eigenvalue weighted by Gasteiger charge is -2.27. The maximum Gasteiger partial charge on any atom is 0.408 e. The number of carbonyl (C=O) groups is 16. The Hall–Kier alpha value is -11.2. The predicted molar refractivity (Wildman–Crippen MR) is 536 cm³/mol. The summed E-state index contributed by atoms with van der Waals surface area (Å²) in [5, 5.41) is 34.7. The van der Waals surface area contributed by atoms with Crippen molar-refractivity contribution in [3.05, 3.63) is 71.8 Å². The smallest absolute Gasteiger partial charge is 0.408 e. The lowest BCUT2D eigenvalue weighted by molar-refractivity contribution is -0.155. The molecule has 4 unspecified atom stereocenters. The van der Waals surface area contributed by atoms with Crippen molar-refractivity contribution in [3.63, 3.8) is 0 Å². The number of benzene rings is 2. The van der Waals surface area contributed by atoms with Crippen molar-refractivity contribution < 1.29 is 181 Å². The van der Waals surface area contributed by atoms with Gasteiger partial charge in [-0.25, -0.2) is 9.59 Å². The van der Waals surface area contributed by atoms with E-state index in [0.717, 1.165) is 0 Å². The summed E-state index contributed by atoms with van der Waals surface area (Å²) >= 11 is 0. The average Bonchev–Trinajstić information content (AvgIpc) is 0.839. The van der Waals surface area contributed by atoms with Crippen LogP contribution in [0.1, 0.15) is 117 Å². The van der Waals surface area contributed by atoms with E-state index < -0.39 is 170 Å². The molecule has 0 aliphatic carbocycles. The quantitative estimate of drug-likeness (QED) is 0.0191. The van der Waals surface area contributed by atoms with Crippen molar-refractivity contribution >= 4 is 95.0 Å². The van der Waals surface area contributed by atoms with Crippen LogP contribution in [-0.2, 0) is 185 Å². The molecule has 2 aromatic carbocycles. The van der Waals surface area contributed by atoms with Gasteiger partial charge in [0, 0.05) is 53.2 Å². The third-order valence-corrected chi connectivity index (χ3v) is 19.4. The zero-order valence-corrected chi connectivity index (χ0v) is 88.2. The molecular weight excluding hydrogens is 1980 g/mol. The molecule has 52 heteroatoms.